The molecule has 0 atom stereocenters. The normalized spacial score (nSPS) is 11.3. The van der Waals surface area contributed by atoms with E-state index in [2.05, 4.69) is 0 Å². The molecule has 19 heavy (non-hydrogen) atoms. The van der Waals surface area contributed by atoms with E-state index in [-0.39, 0.29) is 16.7 Å². The lowest BCUT2D eigenvalue weighted by Gasteiger charge is -2.26. The molecule has 0 fully saturated rings. The lowest BCUT2D eigenvalue weighted by Crippen LogP contribution is -2.19. The van der Waals surface area contributed by atoms with E-state index in [4.69, 9.17) is 5.11 Å². The molecule has 0 aliphatic carbocycles. The van der Waals surface area contributed by atoms with Gasteiger partial charge in [0.05, 0.1) is 0 Å². The molecule has 3 nitrogen and oxygen atoms in total. The minimum atomic E-state index is -1.12. The number of benzene rings is 2. The summed E-state index contributed by atoms with van der Waals surface area (Å²) in [5.74, 6) is -1.32. The quantitative estimate of drug-likeness (QED) is 0.884. The Labute approximate surface area is 112 Å². The molecule has 0 saturated heterocycles. The van der Waals surface area contributed by atoms with Gasteiger partial charge < -0.3 is 10.2 Å². The highest BCUT2D eigenvalue weighted by molar-refractivity contribution is 5.90. The Morgan fingerprint density at radius 1 is 1.00 bits per heavy atom. The predicted molar refractivity (Wildman–Crippen MR) is 73.6 cm³/mol. The highest BCUT2D eigenvalue weighted by Gasteiger charge is 2.24. The first-order chi connectivity index (χ1) is 8.93. The summed E-state index contributed by atoms with van der Waals surface area (Å²) in [7, 11) is 0. The lowest BCUT2D eigenvalue weighted by atomic mass is 9.78. The maximum Gasteiger partial charge on any atom is 0.339 e. The van der Waals surface area contributed by atoms with Gasteiger partial charge in [-0.25, -0.2) is 4.79 Å². The van der Waals surface area contributed by atoms with Gasteiger partial charge in [0, 0.05) is 5.41 Å². The van der Waals surface area contributed by atoms with Crippen molar-refractivity contribution in [1.29, 1.82) is 0 Å². The zero-order valence-corrected chi connectivity index (χ0v) is 10.9. The maximum absolute atomic E-state index is 10.9. The monoisotopic (exact) mass is 256 g/mol. The molecule has 3 heteroatoms. The molecule has 0 saturated carbocycles. The molecule has 0 bridgehead atoms. The lowest BCUT2D eigenvalue weighted by molar-refractivity contribution is 0.0693. The molecule has 0 aliphatic rings. The number of phenols is 1. The standard InChI is InChI=1S/C16H16O3/c1-16(2,11-6-4-3-5-7-11)12-8-9-13(15(18)19)14(17)10-12/h3-10,17H,1-2H3,(H,18,19). The number of hydrogen-bond donors (Lipinski definition) is 2. The van der Waals surface area contributed by atoms with Gasteiger partial charge in [0.1, 0.15) is 11.3 Å². The molecule has 0 aromatic heterocycles. The van der Waals surface area contributed by atoms with Gasteiger partial charge in [0.25, 0.3) is 0 Å². The Kier molecular flexibility index (Phi) is 3.30. The van der Waals surface area contributed by atoms with Crippen molar-refractivity contribution >= 4 is 5.97 Å². The van der Waals surface area contributed by atoms with Crippen molar-refractivity contribution in [2.24, 2.45) is 0 Å². The van der Waals surface area contributed by atoms with Gasteiger partial charge in [-0.3, -0.25) is 0 Å². The van der Waals surface area contributed by atoms with Crippen molar-refractivity contribution in [2.75, 3.05) is 0 Å². The smallest absolute Gasteiger partial charge is 0.339 e. The number of aromatic hydroxyl groups is 1. The largest absolute Gasteiger partial charge is 0.507 e. The first-order valence-electron chi connectivity index (χ1n) is 6.05. The molecule has 2 aromatic carbocycles. The van der Waals surface area contributed by atoms with E-state index >= 15 is 0 Å². The van der Waals surface area contributed by atoms with E-state index < -0.39 is 5.97 Å². The fourth-order valence-corrected chi connectivity index (χ4v) is 2.12. The zero-order chi connectivity index (χ0) is 14.0. The number of carboxylic acid groups (broad SMARTS) is 1. The van der Waals surface area contributed by atoms with Crippen molar-refractivity contribution in [3.63, 3.8) is 0 Å². The SMILES string of the molecule is CC(C)(c1ccccc1)c1ccc(C(=O)O)c(O)c1. The van der Waals surface area contributed by atoms with Crippen LogP contribution in [0.2, 0.25) is 0 Å². The Morgan fingerprint density at radius 2 is 1.63 bits per heavy atom. The summed E-state index contributed by atoms with van der Waals surface area (Å²) in [4.78, 5) is 10.9. The molecule has 2 aromatic rings. The summed E-state index contributed by atoms with van der Waals surface area (Å²) in [6.07, 6.45) is 0. The molecular formula is C16H16O3. The van der Waals surface area contributed by atoms with Crippen LogP contribution in [-0.4, -0.2) is 16.2 Å². The number of rotatable bonds is 3. The van der Waals surface area contributed by atoms with Gasteiger partial charge in [0.15, 0.2) is 0 Å². The molecular weight excluding hydrogens is 240 g/mol. The molecule has 0 unspecified atom stereocenters. The first kappa shape index (κ1) is 13.1. The number of aromatic carboxylic acids is 1. The summed E-state index contributed by atoms with van der Waals surface area (Å²) >= 11 is 0. The highest BCUT2D eigenvalue weighted by atomic mass is 16.4. The van der Waals surface area contributed by atoms with Crippen molar-refractivity contribution in [3.05, 3.63) is 65.2 Å². The van der Waals surface area contributed by atoms with Crippen LogP contribution < -0.4 is 0 Å². The zero-order valence-electron chi connectivity index (χ0n) is 10.9. The number of hydrogen-bond acceptors (Lipinski definition) is 2. The average Bonchev–Trinajstić information content (AvgIpc) is 2.39. The molecule has 0 heterocycles. The van der Waals surface area contributed by atoms with E-state index in [0.717, 1.165) is 11.1 Å². The summed E-state index contributed by atoms with van der Waals surface area (Å²) in [6, 6.07) is 14.6. The second kappa shape index (κ2) is 4.76. The van der Waals surface area contributed by atoms with E-state index in [9.17, 15) is 9.90 Å². The topological polar surface area (TPSA) is 57.5 Å². The van der Waals surface area contributed by atoms with Crippen LogP contribution in [0.4, 0.5) is 0 Å². The van der Waals surface area contributed by atoms with Gasteiger partial charge in [-0.15, -0.1) is 0 Å². The summed E-state index contributed by atoms with van der Waals surface area (Å²) in [5.41, 5.74) is 1.61. The average molecular weight is 256 g/mol. The molecule has 98 valence electrons. The van der Waals surface area contributed by atoms with Crippen molar-refractivity contribution in [3.8, 4) is 5.75 Å². The van der Waals surface area contributed by atoms with Gasteiger partial charge in [-0.2, -0.15) is 0 Å². The third-order valence-electron chi connectivity index (χ3n) is 3.45. The van der Waals surface area contributed by atoms with Crippen LogP contribution in [0.5, 0.6) is 5.75 Å². The molecule has 0 radical (unpaired) electrons. The third-order valence-corrected chi connectivity index (χ3v) is 3.45. The van der Waals surface area contributed by atoms with E-state index in [1.54, 1.807) is 6.07 Å². The molecule has 0 aliphatic heterocycles. The van der Waals surface area contributed by atoms with E-state index in [1.807, 2.05) is 44.2 Å². The van der Waals surface area contributed by atoms with Gasteiger partial charge >= 0.3 is 5.97 Å². The van der Waals surface area contributed by atoms with E-state index in [1.165, 1.54) is 12.1 Å². The molecule has 0 spiro atoms. The first-order valence-corrected chi connectivity index (χ1v) is 6.05. The van der Waals surface area contributed by atoms with Gasteiger partial charge in [0.2, 0.25) is 0 Å². The molecule has 0 amide bonds. The Morgan fingerprint density at radius 3 is 2.16 bits per heavy atom. The van der Waals surface area contributed by atoms with Crippen LogP contribution in [-0.2, 0) is 5.41 Å². The third kappa shape index (κ3) is 2.45. The van der Waals surface area contributed by atoms with Crippen LogP contribution in [0.15, 0.2) is 48.5 Å². The Balaban J connectivity index is 2.47. The van der Waals surface area contributed by atoms with Crippen LogP contribution in [0.25, 0.3) is 0 Å². The van der Waals surface area contributed by atoms with Crippen LogP contribution >= 0.6 is 0 Å². The van der Waals surface area contributed by atoms with E-state index in [0.29, 0.717) is 0 Å². The number of carbonyl (C=O) groups is 1. The fraction of sp³-hybridized carbons (Fsp3) is 0.188. The van der Waals surface area contributed by atoms with Gasteiger partial charge in [-0.1, -0.05) is 50.2 Å². The van der Waals surface area contributed by atoms with Gasteiger partial charge in [-0.05, 0) is 23.3 Å². The molecule has 2 rings (SSSR count). The minimum absolute atomic E-state index is 0.0763. The maximum atomic E-state index is 10.9. The van der Waals surface area contributed by atoms with Crippen molar-refractivity contribution in [2.45, 2.75) is 19.3 Å². The molecule has 2 N–H and O–H groups in total. The van der Waals surface area contributed by atoms with Crippen LogP contribution in [0, 0.1) is 0 Å². The Hall–Kier alpha value is -2.29. The second-order valence-corrected chi connectivity index (χ2v) is 5.03. The minimum Gasteiger partial charge on any atom is -0.507 e. The second-order valence-electron chi connectivity index (χ2n) is 5.03. The summed E-state index contributed by atoms with van der Waals surface area (Å²) in [5, 5.41) is 18.7. The predicted octanol–water partition coefficient (Wildman–Crippen LogP) is 3.42. The van der Waals surface area contributed by atoms with Crippen molar-refractivity contribution in [1.82, 2.24) is 0 Å². The number of carboxylic acids is 1. The Bertz CT molecular complexity index is 601. The fourth-order valence-electron chi connectivity index (χ4n) is 2.12. The van der Waals surface area contributed by atoms with Crippen LogP contribution in [0.3, 0.4) is 0 Å². The van der Waals surface area contributed by atoms with Crippen LogP contribution in [0.1, 0.15) is 35.3 Å². The summed E-state index contributed by atoms with van der Waals surface area (Å²) in [6.45, 7) is 4.08. The van der Waals surface area contributed by atoms with Crippen molar-refractivity contribution < 1.29 is 15.0 Å². The summed E-state index contributed by atoms with van der Waals surface area (Å²) < 4.78 is 0. The highest BCUT2D eigenvalue weighted by Crippen LogP contribution is 2.33.